The number of aryl methyl sites for hydroxylation is 1. The molecule has 0 saturated carbocycles. The molecule has 3 rings (SSSR count). The van der Waals surface area contributed by atoms with E-state index in [-0.39, 0.29) is 12.8 Å². The van der Waals surface area contributed by atoms with Crippen LogP contribution in [0.3, 0.4) is 0 Å². The van der Waals surface area contributed by atoms with Gasteiger partial charge < -0.3 is 19.7 Å². The molecular formula is C17H20N2O3S. The van der Waals surface area contributed by atoms with Crippen LogP contribution in [0.4, 0.5) is 4.79 Å². The summed E-state index contributed by atoms with van der Waals surface area (Å²) in [5.74, 6) is 1.56. The first-order chi connectivity index (χ1) is 11.1. The van der Waals surface area contributed by atoms with Gasteiger partial charge in [0.05, 0.1) is 6.54 Å². The van der Waals surface area contributed by atoms with Crippen LogP contribution in [-0.2, 0) is 13.0 Å². The van der Waals surface area contributed by atoms with E-state index < -0.39 is 0 Å². The lowest BCUT2D eigenvalue weighted by Gasteiger charge is -2.17. The van der Waals surface area contributed by atoms with Gasteiger partial charge in [-0.2, -0.15) is 0 Å². The van der Waals surface area contributed by atoms with Crippen molar-refractivity contribution >= 4 is 17.4 Å². The maximum absolute atomic E-state index is 12.1. The molecule has 1 N–H and O–H groups in total. The number of urea groups is 1. The van der Waals surface area contributed by atoms with Crippen molar-refractivity contribution in [3.05, 3.63) is 45.6 Å². The highest BCUT2D eigenvalue weighted by Gasteiger charge is 2.14. The van der Waals surface area contributed by atoms with E-state index in [0.717, 1.165) is 23.5 Å². The lowest BCUT2D eigenvalue weighted by Crippen LogP contribution is -2.37. The molecule has 6 heteroatoms. The third-order valence-corrected chi connectivity index (χ3v) is 4.83. The van der Waals surface area contributed by atoms with Crippen LogP contribution in [0.1, 0.15) is 16.0 Å². The molecule has 0 radical (unpaired) electrons. The molecule has 0 atom stereocenters. The van der Waals surface area contributed by atoms with Gasteiger partial charge in [0.25, 0.3) is 0 Å². The molecule has 0 unspecified atom stereocenters. The molecule has 0 aliphatic carbocycles. The molecule has 2 heterocycles. The van der Waals surface area contributed by atoms with E-state index in [2.05, 4.69) is 23.7 Å². The first-order valence-electron chi connectivity index (χ1n) is 7.54. The molecule has 5 nitrogen and oxygen atoms in total. The summed E-state index contributed by atoms with van der Waals surface area (Å²) in [7, 11) is 1.81. The third kappa shape index (κ3) is 3.76. The van der Waals surface area contributed by atoms with Gasteiger partial charge in [-0.05, 0) is 48.1 Å². The minimum Gasteiger partial charge on any atom is -0.454 e. The maximum Gasteiger partial charge on any atom is 0.317 e. The Kier molecular flexibility index (Phi) is 4.71. The van der Waals surface area contributed by atoms with Crippen LogP contribution in [0.25, 0.3) is 0 Å². The molecular weight excluding hydrogens is 312 g/mol. The van der Waals surface area contributed by atoms with E-state index in [1.807, 2.05) is 25.2 Å². The Morgan fingerprint density at radius 3 is 2.91 bits per heavy atom. The molecule has 0 fully saturated rings. The van der Waals surface area contributed by atoms with E-state index >= 15 is 0 Å². The molecule has 1 aromatic carbocycles. The first-order valence-corrected chi connectivity index (χ1v) is 8.42. The number of fused-ring (bicyclic) bond motifs is 1. The van der Waals surface area contributed by atoms with E-state index in [1.54, 1.807) is 16.2 Å². The second-order valence-electron chi connectivity index (χ2n) is 5.55. The Bertz CT molecular complexity index is 699. The summed E-state index contributed by atoms with van der Waals surface area (Å²) in [4.78, 5) is 15.1. The minimum absolute atomic E-state index is 0.0569. The Hall–Kier alpha value is -2.21. The number of carbonyl (C=O) groups is 1. The van der Waals surface area contributed by atoms with Crippen molar-refractivity contribution in [1.29, 1.82) is 0 Å². The van der Waals surface area contributed by atoms with Gasteiger partial charge in [-0.25, -0.2) is 4.79 Å². The number of hydrogen-bond donors (Lipinski definition) is 1. The molecule has 23 heavy (non-hydrogen) atoms. The number of carbonyl (C=O) groups excluding carboxylic acids is 1. The highest BCUT2D eigenvalue weighted by Crippen LogP contribution is 2.32. The molecule has 2 aromatic rings. The molecule has 1 aliphatic heterocycles. The minimum atomic E-state index is -0.0569. The number of hydrogen-bond acceptors (Lipinski definition) is 4. The van der Waals surface area contributed by atoms with Crippen molar-refractivity contribution < 1.29 is 14.3 Å². The summed E-state index contributed by atoms with van der Waals surface area (Å²) in [5.41, 5.74) is 2.35. The van der Waals surface area contributed by atoms with E-state index in [0.29, 0.717) is 13.1 Å². The molecule has 0 spiro atoms. The predicted octanol–water partition coefficient (Wildman–Crippen LogP) is 3.17. The Balaban J connectivity index is 1.46. The van der Waals surface area contributed by atoms with Gasteiger partial charge in [-0.15, -0.1) is 11.3 Å². The van der Waals surface area contributed by atoms with Gasteiger partial charge in [0, 0.05) is 18.5 Å². The van der Waals surface area contributed by atoms with Crippen LogP contribution in [0.5, 0.6) is 11.5 Å². The lowest BCUT2D eigenvalue weighted by molar-refractivity contribution is 0.174. The summed E-state index contributed by atoms with van der Waals surface area (Å²) < 4.78 is 10.6. The molecule has 2 amide bonds. The van der Waals surface area contributed by atoms with Crippen LogP contribution in [0.2, 0.25) is 0 Å². The maximum atomic E-state index is 12.1. The van der Waals surface area contributed by atoms with Gasteiger partial charge in [0.2, 0.25) is 6.79 Å². The average molecular weight is 332 g/mol. The summed E-state index contributed by atoms with van der Waals surface area (Å²) in [6.45, 7) is 3.57. The molecule has 1 aliphatic rings. The van der Waals surface area contributed by atoms with Crippen molar-refractivity contribution in [2.75, 3.05) is 20.4 Å². The number of rotatable bonds is 5. The summed E-state index contributed by atoms with van der Waals surface area (Å²) in [6.07, 6.45) is 0.758. The van der Waals surface area contributed by atoms with E-state index in [9.17, 15) is 4.79 Å². The van der Waals surface area contributed by atoms with Crippen LogP contribution >= 0.6 is 11.3 Å². The fourth-order valence-corrected chi connectivity index (χ4v) is 3.36. The van der Waals surface area contributed by atoms with E-state index in [4.69, 9.17) is 9.47 Å². The molecule has 122 valence electrons. The number of ether oxygens (including phenoxy) is 2. The quantitative estimate of drug-likeness (QED) is 0.915. The number of amides is 2. The largest absolute Gasteiger partial charge is 0.454 e. The lowest BCUT2D eigenvalue weighted by atomic mass is 10.1. The van der Waals surface area contributed by atoms with Crippen molar-refractivity contribution in [2.45, 2.75) is 19.9 Å². The first kappa shape index (κ1) is 15.7. The van der Waals surface area contributed by atoms with Gasteiger partial charge in [-0.3, -0.25) is 0 Å². The number of nitrogens with one attached hydrogen (secondary N) is 1. The standard InChI is InChI=1S/C17H20N2O3S/c1-12-6-8-23-16(12)10-19(2)17(20)18-7-5-13-3-4-14-15(9-13)22-11-21-14/h3-4,6,8-9H,5,7,10-11H2,1-2H3,(H,18,20). The third-order valence-electron chi connectivity index (χ3n) is 3.82. The van der Waals surface area contributed by atoms with Crippen LogP contribution < -0.4 is 14.8 Å². The second-order valence-corrected chi connectivity index (χ2v) is 6.55. The van der Waals surface area contributed by atoms with Crippen LogP contribution in [0, 0.1) is 6.92 Å². The van der Waals surface area contributed by atoms with Gasteiger partial charge in [0.1, 0.15) is 0 Å². The van der Waals surface area contributed by atoms with Gasteiger partial charge >= 0.3 is 6.03 Å². The smallest absolute Gasteiger partial charge is 0.317 e. The zero-order valence-corrected chi connectivity index (χ0v) is 14.1. The fraction of sp³-hybridized carbons (Fsp3) is 0.353. The summed E-state index contributed by atoms with van der Waals surface area (Å²) in [6, 6.07) is 7.89. The SMILES string of the molecule is Cc1ccsc1CN(C)C(=O)NCCc1ccc2c(c1)OCO2. The zero-order chi connectivity index (χ0) is 16.2. The summed E-state index contributed by atoms with van der Waals surface area (Å²) >= 11 is 1.68. The topological polar surface area (TPSA) is 50.8 Å². The summed E-state index contributed by atoms with van der Waals surface area (Å²) in [5, 5.41) is 5.00. The normalized spacial score (nSPS) is 12.3. The molecule has 0 saturated heterocycles. The van der Waals surface area contributed by atoms with Crippen LogP contribution in [0.15, 0.2) is 29.6 Å². The van der Waals surface area contributed by atoms with Crippen molar-refractivity contribution in [3.8, 4) is 11.5 Å². The molecule has 1 aromatic heterocycles. The van der Waals surface area contributed by atoms with Gasteiger partial charge in [-0.1, -0.05) is 6.07 Å². The van der Waals surface area contributed by atoms with Crippen molar-refractivity contribution in [3.63, 3.8) is 0 Å². The number of thiophene rings is 1. The Morgan fingerprint density at radius 2 is 2.13 bits per heavy atom. The average Bonchev–Trinajstić information content (AvgIpc) is 3.16. The van der Waals surface area contributed by atoms with E-state index in [1.165, 1.54) is 10.4 Å². The Morgan fingerprint density at radius 1 is 1.30 bits per heavy atom. The predicted molar refractivity (Wildman–Crippen MR) is 90.2 cm³/mol. The highest BCUT2D eigenvalue weighted by molar-refractivity contribution is 7.10. The Labute approximate surface area is 139 Å². The second kappa shape index (κ2) is 6.91. The van der Waals surface area contributed by atoms with Crippen molar-refractivity contribution in [1.82, 2.24) is 10.2 Å². The number of benzene rings is 1. The number of nitrogens with zero attached hydrogens (tertiary/aromatic N) is 1. The fourth-order valence-electron chi connectivity index (χ4n) is 2.40. The highest BCUT2D eigenvalue weighted by atomic mass is 32.1. The van der Waals surface area contributed by atoms with Crippen molar-refractivity contribution in [2.24, 2.45) is 0 Å². The monoisotopic (exact) mass is 332 g/mol. The van der Waals surface area contributed by atoms with Gasteiger partial charge in [0.15, 0.2) is 11.5 Å². The molecule has 0 bridgehead atoms. The van der Waals surface area contributed by atoms with Crippen LogP contribution in [-0.4, -0.2) is 31.3 Å². The zero-order valence-electron chi connectivity index (χ0n) is 13.3.